The van der Waals surface area contributed by atoms with Crippen LogP contribution in [0.25, 0.3) is 0 Å². The molecule has 2 aromatic rings. The topological polar surface area (TPSA) is 42.6 Å². The lowest BCUT2D eigenvalue weighted by Gasteiger charge is -2.13. The Morgan fingerprint density at radius 1 is 1.42 bits per heavy atom. The molecule has 3 rings (SSSR count). The fourth-order valence-electron chi connectivity index (χ4n) is 2.56. The summed E-state index contributed by atoms with van der Waals surface area (Å²) in [5, 5.41) is 10.3. The first-order chi connectivity index (χ1) is 9.15. The molecular weight excluding hydrogens is 308 g/mol. The van der Waals surface area contributed by atoms with E-state index in [9.17, 15) is 5.11 Å². The smallest absolute Gasteiger partial charge is 0.125 e. The van der Waals surface area contributed by atoms with E-state index in [-0.39, 0.29) is 0 Å². The lowest BCUT2D eigenvalue weighted by molar-refractivity contribution is 0.175. The van der Waals surface area contributed by atoms with Gasteiger partial charge in [-0.3, -0.25) is 0 Å². The van der Waals surface area contributed by atoms with Crippen LogP contribution in [-0.2, 0) is 12.8 Å². The highest BCUT2D eigenvalue weighted by Gasteiger charge is 2.21. The molecule has 0 bridgehead atoms. The summed E-state index contributed by atoms with van der Waals surface area (Å²) in [6.45, 7) is 2.58. The van der Waals surface area contributed by atoms with Gasteiger partial charge in [-0.15, -0.1) is 0 Å². The summed E-state index contributed by atoms with van der Waals surface area (Å²) in [5.41, 5.74) is 3.09. The van der Waals surface area contributed by atoms with Gasteiger partial charge in [0.1, 0.15) is 11.5 Å². The Morgan fingerprint density at radius 3 is 3.00 bits per heavy atom. The molecule has 0 aliphatic carbocycles. The largest absolute Gasteiger partial charge is 0.493 e. The normalized spacial score (nSPS) is 15.1. The number of aliphatic hydroxyl groups is 1. The molecule has 0 fully saturated rings. The monoisotopic (exact) mass is 322 g/mol. The van der Waals surface area contributed by atoms with Crippen molar-refractivity contribution in [3.8, 4) is 5.75 Å². The van der Waals surface area contributed by atoms with Crippen LogP contribution in [0.1, 0.15) is 28.6 Å². The van der Waals surface area contributed by atoms with Gasteiger partial charge in [0.2, 0.25) is 0 Å². The number of hydrogen-bond donors (Lipinski definition) is 1. The first-order valence-corrected chi connectivity index (χ1v) is 7.10. The van der Waals surface area contributed by atoms with Crippen molar-refractivity contribution >= 4 is 15.9 Å². The van der Waals surface area contributed by atoms with Gasteiger partial charge in [0.15, 0.2) is 0 Å². The van der Waals surface area contributed by atoms with Gasteiger partial charge in [0.05, 0.1) is 19.0 Å². The average molecular weight is 323 g/mol. The number of hydrogen-bond acceptors (Lipinski definition) is 3. The summed E-state index contributed by atoms with van der Waals surface area (Å²) >= 11 is 3.51. The molecule has 1 aliphatic heterocycles. The van der Waals surface area contributed by atoms with E-state index in [0.717, 1.165) is 40.1 Å². The molecule has 3 nitrogen and oxygen atoms in total. The number of aliphatic hydroxyl groups excluding tert-OH is 1. The van der Waals surface area contributed by atoms with Gasteiger partial charge >= 0.3 is 0 Å². The van der Waals surface area contributed by atoms with Crippen molar-refractivity contribution in [1.82, 2.24) is 0 Å². The fraction of sp³-hybridized carbons (Fsp3) is 0.333. The van der Waals surface area contributed by atoms with Gasteiger partial charge in [-0.25, -0.2) is 0 Å². The van der Waals surface area contributed by atoms with Crippen molar-refractivity contribution in [2.45, 2.75) is 25.9 Å². The van der Waals surface area contributed by atoms with Gasteiger partial charge in [-0.05, 0) is 36.2 Å². The predicted molar refractivity (Wildman–Crippen MR) is 75.4 cm³/mol. The number of furan rings is 1. The van der Waals surface area contributed by atoms with E-state index in [2.05, 4.69) is 22.0 Å². The molecule has 19 heavy (non-hydrogen) atoms. The van der Waals surface area contributed by atoms with Gasteiger partial charge in [-0.2, -0.15) is 0 Å². The summed E-state index contributed by atoms with van der Waals surface area (Å²) in [6.07, 6.45) is 2.50. The Kier molecular flexibility index (Phi) is 3.37. The van der Waals surface area contributed by atoms with Crippen LogP contribution < -0.4 is 4.74 Å². The maximum Gasteiger partial charge on any atom is 0.125 e. The third-order valence-electron chi connectivity index (χ3n) is 3.50. The van der Waals surface area contributed by atoms with E-state index in [0.29, 0.717) is 6.42 Å². The summed E-state index contributed by atoms with van der Waals surface area (Å²) in [6, 6.07) is 5.92. The third kappa shape index (κ3) is 2.42. The first-order valence-electron chi connectivity index (χ1n) is 6.31. The zero-order valence-electron chi connectivity index (χ0n) is 10.6. The van der Waals surface area contributed by atoms with E-state index in [1.54, 1.807) is 6.26 Å². The van der Waals surface area contributed by atoms with Crippen LogP contribution in [0.15, 0.2) is 33.4 Å². The number of rotatable bonds is 3. The van der Waals surface area contributed by atoms with Gasteiger partial charge < -0.3 is 14.3 Å². The minimum absolute atomic E-state index is 0.530. The lowest BCUT2D eigenvalue weighted by Crippen LogP contribution is -2.03. The number of benzene rings is 1. The highest BCUT2D eigenvalue weighted by atomic mass is 79.9. The lowest BCUT2D eigenvalue weighted by atomic mass is 9.99. The quantitative estimate of drug-likeness (QED) is 0.939. The van der Waals surface area contributed by atoms with Crippen molar-refractivity contribution in [3.05, 3.63) is 51.4 Å². The van der Waals surface area contributed by atoms with Crippen LogP contribution in [0.4, 0.5) is 0 Å². The maximum atomic E-state index is 10.3. The first kappa shape index (κ1) is 12.8. The summed E-state index contributed by atoms with van der Waals surface area (Å²) in [4.78, 5) is 0. The molecule has 100 valence electrons. The van der Waals surface area contributed by atoms with Crippen LogP contribution in [0.5, 0.6) is 5.75 Å². The van der Waals surface area contributed by atoms with Crippen LogP contribution in [0, 0.1) is 6.92 Å². The van der Waals surface area contributed by atoms with Crippen LogP contribution in [0.2, 0.25) is 0 Å². The highest BCUT2D eigenvalue weighted by molar-refractivity contribution is 9.10. The van der Waals surface area contributed by atoms with Crippen LogP contribution in [-0.4, -0.2) is 11.7 Å². The Bertz CT molecular complexity index is 603. The molecule has 0 radical (unpaired) electrons. The minimum Gasteiger partial charge on any atom is -0.493 e. The van der Waals surface area contributed by atoms with Crippen molar-refractivity contribution in [1.29, 1.82) is 0 Å². The molecule has 0 saturated heterocycles. The van der Waals surface area contributed by atoms with E-state index < -0.39 is 6.10 Å². The van der Waals surface area contributed by atoms with Crippen LogP contribution >= 0.6 is 15.9 Å². The second-order valence-electron chi connectivity index (χ2n) is 4.80. The van der Waals surface area contributed by atoms with E-state index in [1.807, 2.05) is 19.1 Å². The predicted octanol–water partition coefficient (Wildman–Crippen LogP) is 3.56. The zero-order chi connectivity index (χ0) is 13.4. The molecule has 1 aromatic carbocycles. The van der Waals surface area contributed by atoms with Gasteiger partial charge in [0, 0.05) is 22.9 Å². The number of halogens is 1. The molecule has 1 atom stereocenters. The Labute approximate surface area is 120 Å². The third-order valence-corrected chi connectivity index (χ3v) is 3.95. The Hall–Kier alpha value is -1.26. The molecule has 1 unspecified atom stereocenters. The number of fused-ring (bicyclic) bond motifs is 1. The van der Waals surface area contributed by atoms with E-state index in [4.69, 9.17) is 9.15 Å². The molecule has 0 spiro atoms. The fourth-order valence-corrected chi connectivity index (χ4v) is 3.11. The molecule has 1 aliphatic rings. The number of aryl methyl sites for hydroxylation is 1. The molecular formula is C15H15BrO3. The van der Waals surface area contributed by atoms with Crippen LogP contribution in [0.3, 0.4) is 0 Å². The Balaban J connectivity index is 1.90. The van der Waals surface area contributed by atoms with Crippen molar-refractivity contribution in [3.63, 3.8) is 0 Å². The van der Waals surface area contributed by atoms with Crippen molar-refractivity contribution < 1.29 is 14.3 Å². The van der Waals surface area contributed by atoms with E-state index in [1.165, 1.54) is 5.56 Å². The number of ether oxygens (including phenoxy) is 1. The second-order valence-corrected chi connectivity index (χ2v) is 5.72. The highest BCUT2D eigenvalue weighted by Crippen LogP contribution is 2.35. The van der Waals surface area contributed by atoms with E-state index >= 15 is 0 Å². The van der Waals surface area contributed by atoms with Crippen molar-refractivity contribution in [2.24, 2.45) is 0 Å². The standard InChI is InChI=1S/C15H15BrO3/c1-9-13(3-5-18-9)14(17)8-11-7-12(16)6-10-2-4-19-15(10)11/h3,5-7,14,17H,2,4,8H2,1H3. The molecule has 1 N–H and O–H groups in total. The summed E-state index contributed by atoms with van der Waals surface area (Å²) in [5.74, 6) is 1.70. The summed E-state index contributed by atoms with van der Waals surface area (Å²) < 4.78 is 11.9. The Morgan fingerprint density at radius 2 is 2.26 bits per heavy atom. The zero-order valence-corrected chi connectivity index (χ0v) is 12.2. The average Bonchev–Trinajstić information content (AvgIpc) is 2.97. The molecule has 4 heteroatoms. The van der Waals surface area contributed by atoms with Crippen molar-refractivity contribution in [2.75, 3.05) is 6.61 Å². The van der Waals surface area contributed by atoms with Gasteiger partial charge in [0.25, 0.3) is 0 Å². The van der Waals surface area contributed by atoms with Gasteiger partial charge in [-0.1, -0.05) is 15.9 Å². The molecule has 0 saturated carbocycles. The maximum absolute atomic E-state index is 10.3. The molecule has 1 aromatic heterocycles. The second kappa shape index (κ2) is 5.02. The SMILES string of the molecule is Cc1occc1C(O)Cc1cc(Br)cc2c1OCC2. The minimum atomic E-state index is -0.568. The molecule has 2 heterocycles. The molecule has 0 amide bonds. The summed E-state index contributed by atoms with van der Waals surface area (Å²) in [7, 11) is 0.